The number of aryl methyl sites for hydroxylation is 1. The average Bonchev–Trinajstić information content (AvgIpc) is 2.37. The van der Waals surface area contributed by atoms with E-state index < -0.39 is 0 Å². The molecule has 2 heterocycles. The Morgan fingerprint density at radius 3 is 2.85 bits per heavy atom. The molecule has 0 spiro atoms. The van der Waals surface area contributed by atoms with Crippen LogP contribution in [0.5, 0.6) is 0 Å². The van der Waals surface area contributed by atoms with Crippen molar-refractivity contribution in [1.82, 2.24) is 15.3 Å². The molecule has 1 unspecified atom stereocenters. The second-order valence-corrected chi connectivity index (χ2v) is 6.02. The van der Waals surface area contributed by atoms with Crippen LogP contribution in [0.25, 0.3) is 0 Å². The van der Waals surface area contributed by atoms with Crippen molar-refractivity contribution in [3.05, 3.63) is 17.5 Å². The molecule has 110 valence electrons. The van der Waals surface area contributed by atoms with Gasteiger partial charge in [-0.2, -0.15) is 0 Å². The number of piperidine rings is 1. The topological polar surface area (TPSA) is 58.1 Å². The van der Waals surface area contributed by atoms with Gasteiger partial charge in [0.15, 0.2) is 0 Å². The van der Waals surface area contributed by atoms with Gasteiger partial charge < -0.3 is 10.2 Å². The van der Waals surface area contributed by atoms with Gasteiger partial charge in [-0.05, 0) is 45.6 Å². The van der Waals surface area contributed by atoms with E-state index in [0.717, 1.165) is 25.2 Å². The average molecular weight is 276 g/mol. The molecule has 2 rings (SSSR count). The number of anilines is 1. The lowest BCUT2D eigenvalue weighted by Crippen LogP contribution is -2.36. The van der Waals surface area contributed by atoms with E-state index in [-0.39, 0.29) is 11.9 Å². The first-order valence-electron chi connectivity index (χ1n) is 7.37. The largest absolute Gasteiger partial charge is 0.349 e. The molecule has 0 radical (unpaired) electrons. The Morgan fingerprint density at radius 2 is 2.20 bits per heavy atom. The minimum absolute atomic E-state index is 0.108. The Kier molecular flexibility index (Phi) is 4.57. The van der Waals surface area contributed by atoms with E-state index in [2.05, 4.69) is 27.1 Å². The molecule has 5 heteroatoms. The maximum atomic E-state index is 12.1. The van der Waals surface area contributed by atoms with Gasteiger partial charge in [-0.15, -0.1) is 0 Å². The van der Waals surface area contributed by atoms with Crippen LogP contribution in [-0.2, 0) is 0 Å². The van der Waals surface area contributed by atoms with Crippen LogP contribution in [0.4, 0.5) is 5.95 Å². The lowest BCUT2D eigenvalue weighted by molar-refractivity contribution is 0.0938. The van der Waals surface area contributed by atoms with Gasteiger partial charge >= 0.3 is 0 Å². The summed E-state index contributed by atoms with van der Waals surface area (Å²) in [5.74, 6) is 1.21. The zero-order valence-electron chi connectivity index (χ0n) is 12.8. The van der Waals surface area contributed by atoms with Gasteiger partial charge in [-0.25, -0.2) is 9.97 Å². The first kappa shape index (κ1) is 14.8. The summed E-state index contributed by atoms with van der Waals surface area (Å²) in [5.41, 5.74) is 1.29. The summed E-state index contributed by atoms with van der Waals surface area (Å²) in [6, 6.07) is 1.85. The summed E-state index contributed by atoms with van der Waals surface area (Å²) in [6.07, 6.45) is 2.41. The fraction of sp³-hybridized carbons (Fsp3) is 0.667. The number of amides is 1. The monoisotopic (exact) mass is 276 g/mol. The Hall–Kier alpha value is -1.65. The Morgan fingerprint density at radius 1 is 1.45 bits per heavy atom. The quantitative estimate of drug-likeness (QED) is 0.919. The van der Waals surface area contributed by atoms with Crippen molar-refractivity contribution in [3.8, 4) is 0 Å². The molecule has 1 fully saturated rings. The summed E-state index contributed by atoms with van der Waals surface area (Å²) in [7, 11) is 0. The van der Waals surface area contributed by atoms with E-state index in [1.54, 1.807) is 6.07 Å². The fourth-order valence-corrected chi connectivity index (χ4v) is 2.52. The predicted molar refractivity (Wildman–Crippen MR) is 80.0 cm³/mol. The van der Waals surface area contributed by atoms with Crippen LogP contribution in [0, 0.1) is 12.8 Å². The maximum absolute atomic E-state index is 12.1. The van der Waals surface area contributed by atoms with Gasteiger partial charge in [-0.1, -0.05) is 6.92 Å². The van der Waals surface area contributed by atoms with E-state index in [9.17, 15) is 4.79 Å². The van der Waals surface area contributed by atoms with Crippen LogP contribution in [0.1, 0.15) is 49.8 Å². The van der Waals surface area contributed by atoms with E-state index in [1.165, 1.54) is 6.42 Å². The van der Waals surface area contributed by atoms with E-state index in [1.807, 2.05) is 20.8 Å². The molecule has 0 saturated carbocycles. The number of hydrogen-bond acceptors (Lipinski definition) is 4. The van der Waals surface area contributed by atoms with Crippen molar-refractivity contribution >= 4 is 11.9 Å². The van der Waals surface area contributed by atoms with E-state index in [4.69, 9.17) is 0 Å². The van der Waals surface area contributed by atoms with Gasteiger partial charge in [0.1, 0.15) is 5.69 Å². The Labute approximate surface area is 120 Å². The molecule has 1 aliphatic rings. The minimum Gasteiger partial charge on any atom is -0.349 e. The highest BCUT2D eigenvalue weighted by Gasteiger charge is 2.20. The first-order valence-corrected chi connectivity index (χ1v) is 7.37. The molecule has 1 aliphatic heterocycles. The zero-order chi connectivity index (χ0) is 14.7. The number of nitrogens with one attached hydrogen (secondary N) is 1. The molecule has 1 atom stereocenters. The summed E-state index contributed by atoms with van der Waals surface area (Å²) in [6.45, 7) is 9.98. The molecule has 5 nitrogen and oxygen atoms in total. The van der Waals surface area contributed by atoms with E-state index in [0.29, 0.717) is 17.6 Å². The zero-order valence-corrected chi connectivity index (χ0v) is 12.8. The number of hydrogen-bond donors (Lipinski definition) is 1. The molecule has 1 saturated heterocycles. The first-order chi connectivity index (χ1) is 9.45. The third-order valence-corrected chi connectivity index (χ3v) is 3.43. The van der Waals surface area contributed by atoms with Crippen LogP contribution < -0.4 is 10.2 Å². The molecule has 1 N–H and O–H groups in total. The summed E-state index contributed by atoms with van der Waals surface area (Å²) >= 11 is 0. The van der Waals surface area contributed by atoms with Gasteiger partial charge in [-0.3, -0.25) is 4.79 Å². The lowest BCUT2D eigenvalue weighted by atomic mass is 10.0. The van der Waals surface area contributed by atoms with Crippen molar-refractivity contribution in [1.29, 1.82) is 0 Å². The Balaban J connectivity index is 2.21. The molecular formula is C15H24N4O. The van der Waals surface area contributed by atoms with Crippen LogP contribution in [0.3, 0.4) is 0 Å². The number of carbonyl (C=O) groups excluding carboxylic acids is 1. The highest BCUT2D eigenvalue weighted by atomic mass is 16.1. The second-order valence-electron chi connectivity index (χ2n) is 6.02. The summed E-state index contributed by atoms with van der Waals surface area (Å²) in [5, 5.41) is 2.88. The van der Waals surface area contributed by atoms with Gasteiger partial charge in [0.2, 0.25) is 5.95 Å². The predicted octanol–water partition coefficient (Wildman–Crippen LogP) is 2.16. The standard InChI is InChI=1S/C15H24N4O/c1-10(2)16-14(20)13-8-12(4)17-15(18-13)19-7-5-6-11(3)9-19/h8,10-11H,5-7,9H2,1-4H3,(H,16,20). The summed E-state index contributed by atoms with van der Waals surface area (Å²) < 4.78 is 0. The van der Waals surface area contributed by atoms with Crippen molar-refractivity contribution in [2.24, 2.45) is 5.92 Å². The van der Waals surface area contributed by atoms with Gasteiger partial charge in [0.25, 0.3) is 5.91 Å². The second kappa shape index (κ2) is 6.20. The lowest BCUT2D eigenvalue weighted by Gasteiger charge is -2.31. The third kappa shape index (κ3) is 3.68. The number of aromatic nitrogens is 2. The molecule has 1 aromatic heterocycles. The van der Waals surface area contributed by atoms with Crippen molar-refractivity contribution in [3.63, 3.8) is 0 Å². The van der Waals surface area contributed by atoms with Crippen molar-refractivity contribution in [2.75, 3.05) is 18.0 Å². The molecule has 1 amide bonds. The molecule has 20 heavy (non-hydrogen) atoms. The normalized spacial score (nSPS) is 19.2. The fourth-order valence-electron chi connectivity index (χ4n) is 2.52. The van der Waals surface area contributed by atoms with Crippen molar-refractivity contribution in [2.45, 2.75) is 46.6 Å². The third-order valence-electron chi connectivity index (χ3n) is 3.43. The SMILES string of the molecule is Cc1cc(C(=O)NC(C)C)nc(N2CCCC(C)C2)n1. The molecular weight excluding hydrogens is 252 g/mol. The van der Waals surface area contributed by atoms with Crippen LogP contribution in [0.15, 0.2) is 6.07 Å². The minimum atomic E-state index is -0.128. The Bertz CT molecular complexity index is 487. The van der Waals surface area contributed by atoms with Crippen molar-refractivity contribution < 1.29 is 4.79 Å². The van der Waals surface area contributed by atoms with Crippen LogP contribution >= 0.6 is 0 Å². The smallest absolute Gasteiger partial charge is 0.270 e. The highest BCUT2D eigenvalue weighted by molar-refractivity contribution is 5.92. The van der Waals surface area contributed by atoms with Crippen LogP contribution in [0.2, 0.25) is 0 Å². The van der Waals surface area contributed by atoms with E-state index >= 15 is 0 Å². The highest BCUT2D eigenvalue weighted by Crippen LogP contribution is 2.20. The molecule has 0 aliphatic carbocycles. The number of nitrogens with zero attached hydrogens (tertiary/aromatic N) is 3. The van der Waals surface area contributed by atoms with Gasteiger partial charge in [0, 0.05) is 24.8 Å². The molecule has 1 aromatic rings. The molecule has 0 bridgehead atoms. The summed E-state index contributed by atoms with van der Waals surface area (Å²) in [4.78, 5) is 23.2. The number of rotatable bonds is 3. The van der Waals surface area contributed by atoms with Crippen LogP contribution in [-0.4, -0.2) is 35.0 Å². The maximum Gasteiger partial charge on any atom is 0.270 e. The molecule has 0 aromatic carbocycles. The number of carbonyl (C=O) groups is 1. The van der Waals surface area contributed by atoms with Gasteiger partial charge in [0.05, 0.1) is 0 Å².